The summed E-state index contributed by atoms with van der Waals surface area (Å²) >= 11 is 0. The molecule has 0 saturated heterocycles. The third-order valence-electron chi connectivity index (χ3n) is 2.08. The van der Waals surface area contributed by atoms with E-state index in [-0.39, 0.29) is 23.7 Å². The summed E-state index contributed by atoms with van der Waals surface area (Å²) in [5, 5.41) is 7.79. The molecule has 6 nitrogen and oxygen atoms in total. The van der Waals surface area contributed by atoms with Crippen molar-refractivity contribution >= 4 is 21.4 Å². The van der Waals surface area contributed by atoms with Gasteiger partial charge in [0.05, 0.1) is 11.5 Å². The minimum Gasteiger partial charge on any atom is -0.399 e. The molecule has 108 valence electrons. The van der Waals surface area contributed by atoms with E-state index in [4.69, 9.17) is 10.9 Å². The van der Waals surface area contributed by atoms with Crippen LogP contribution in [0.5, 0.6) is 0 Å². The zero-order chi connectivity index (χ0) is 14.5. The molecule has 0 amide bonds. The Labute approximate surface area is 109 Å². The Hall–Kier alpha value is -1.45. The van der Waals surface area contributed by atoms with Crippen molar-refractivity contribution in [1.82, 2.24) is 0 Å². The Bertz CT molecular complexity index is 523. The molecule has 0 aromatic heterocycles. The summed E-state index contributed by atoms with van der Waals surface area (Å²) in [6, 6.07) is 4.04. The largest absolute Gasteiger partial charge is 0.399 e. The Kier molecular flexibility index (Phi) is 5.45. The molecule has 19 heavy (non-hydrogen) atoms. The number of ether oxygens (including phenoxy) is 1. The SMILES string of the molecule is Nc1cc(NCCOCC(F)F)cc(S(N)(=O)=O)c1. The van der Waals surface area contributed by atoms with Gasteiger partial charge in [-0.15, -0.1) is 0 Å². The van der Waals surface area contributed by atoms with Crippen LogP contribution in [0.15, 0.2) is 23.1 Å². The Balaban J connectivity index is 2.57. The lowest BCUT2D eigenvalue weighted by Crippen LogP contribution is -2.15. The number of nitrogens with one attached hydrogen (secondary N) is 1. The smallest absolute Gasteiger partial charge is 0.261 e. The van der Waals surface area contributed by atoms with Crippen LogP contribution in [-0.2, 0) is 14.8 Å². The Morgan fingerprint density at radius 1 is 1.32 bits per heavy atom. The van der Waals surface area contributed by atoms with E-state index in [0.29, 0.717) is 5.69 Å². The van der Waals surface area contributed by atoms with Crippen molar-refractivity contribution < 1.29 is 21.9 Å². The van der Waals surface area contributed by atoms with Crippen molar-refractivity contribution in [2.24, 2.45) is 5.14 Å². The summed E-state index contributed by atoms with van der Waals surface area (Å²) in [5.74, 6) is 0. The molecule has 0 aliphatic heterocycles. The molecule has 5 N–H and O–H groups in total. The molecule has 1 aromatic rings. The van der Waals surface area contributed by atoms with Crippen LogP contribution in [0.2, 0.25) is 0 Å². The molecule has 0 heterocycles. The summed E-state index contributed by atoms with van der Waals surface area (Å²) in [5.41, 5.74) is 6.18. The van der Waals surface area contributed by atoms with E-state index in [1.165, 1.54) is 18.2 Å². The maximum atomic E-state index is 11.8. The monoisotopic (exact) mass is 295 g/mol. The highest BCUT2D eigenvalue weighted by Gasteiger charge is 2.09. The molecule has 9 heteroatoms. The number of benzene rings is 1. The third kappa shape index (κ3) is 5.81. The van der Waals surface area contributed by atoms with Gasteiger partial charge in [0, 0.05) is 17.9 Å². The Morgan fingerprint density at radius 3 is 2.58 bits per heavy atom. The lowest BCUT2D eigenvalue weighted by molar-refractivity contribution is 0.0215. The maximum absolute atomic E-state index is 11.8. The average molecular weight is 295 g/mol. The first-order chi connectivity index (χ1) is 8.79. The highest BCUT2D eigenvalue weighted by molar-refractivity contribution is 7.89. The van der Waals surface area contributed by atoms with Crippen LogP contribution in [0.3, 0.4) is 0 Å². The van der Waals surface area contributed by atoms with Gasteiger partial charge in [0.15, 0.2) is 0 Å². The normalized spacial score (nSPS) is 11.8. The van der Waals surface area contributed by atoms with E-state index in [1.807, 2.05) is 0 Å². The second-order valence-electron chi connectivity index (χ2n) is 3.73. The van der Waals surface area contributed by atoms with Crippen molar-refractivity contribution in [1.29, 1.82) is 0 Å². The number of alkyl halides is 2. The van der Waals surface area contributed by atoms with Gasteiger partial charge in [-0.05, 0) is 18.2 Å². The predicted molar refractivity (Wildman–Crippen MR) is 67.5 cm³/mol. The average Bonchev–Trinajstić information content (AvgIpc) is 2.26. The zero-order valence-electron chi connectivity index (χ0n) is 9.97. The number of rotatable bonds is 7. The van der Waals surface area contributed by atoms with Gasteiger partial charge in [0.2, 0.25) is 10.0 Å². The lowest BCUT2D eigenvalue weighted by Gasteiger charge is -2.09. The molecule has 0 saturated carbocycles. The van der Waals surface area contributed by atoms with E-state index in [1.54, 1.807) is 0 Å². The van der Waals surface area contributed by atoms with Crippen LogP contribution >= 0.6 is 0 Å². The van der Waals surface area contributed by atoms with Gasteiger partial charge >= 0.3 is 0 Å². The standard InChI is InChI=1S/C10H15F2N3O3S/c11-10(12)6-18-2-1-15-8-3-7(13)4-9(5-8)19(14,16)17/h3-5,10,15H,1-2,6,13H2,(H2,14,16,17). The molecule has 0 aliphatic carbocycles. The highest BCUT2D eigenvalue weighted by atomic mass is 32.2. The number of anilines is 2. The molecule has 0 radical (unpaired) electrons. The summed E-state index contributed by atoms with van der Waals surface area (Å²) in [6.45, 7) is -0.342. The van der Waals surface area contributed by atoms with Crippen LogP contribution in [0, 0.1) is 0 Å². The molecule has 0 spiro atoms. The fraction of sp³-hybridized carbons (Fsp3) is 0.400. The number of nitrogen functional groups attached to an aromatic ring is 1. The zero-order valence-corrected chi connectivity index (χ0v) is 10.8. The minimum absolute atomic E-state index is 0.0594. The van der Waals surface area contributed by atoms with Gasteiger partial charge in [-0.3, -0.25) is 0 Å². The fourth-order valence-corrected chi connectivity index (χ4v) is 1.92. The summed E-state index contributed by atoms with van der Waals surface area (Å²) in [7, 11) is -3.84. The summed E-state index contributed by atoms with van der Waals surface area (Å²) in [6.07, 6.45) is -2.51. The first-order valence-corrected chi connectivity index (χ1v) is 6.87. The molecule has 0 aliphatic rings. The van der Waals surface area contributed by atoms with E-state index < -0.39 is 23.1 Å². The van der Waals surface area contributed by atoms with E-state index in [0.717, 1.165) is 0 Å². The predicted octanol–water partition coefficient (Wildman–Crippen LogP) is 0.610. The van der Waals surface area contributed by atoms with Crippen molar-refractivity contribution in [3.8, 4) is 0 Å². The lowest BCUT2D eigenvalue weighted by atomic mass is 10.3. The van der Waals surface area contributed by atoms with Crippen LogP contribution in [0.4, 0.5) is 20.2 Å². The van der Waals surface area contributed by atoms with E-state index in [9.17, 15) is 17.2 Å². The summed E-state index contributed by atoms with van der Waals surface area (Å²) in [4.78, 5) is -0.122. The van der Waals surface area contributed by atoms with Gasteiger partial charge in [0.1, 0.15) is 6.61 Å². The van der Waals surface area contributed by atoms with E-state index >= 15 is 0 Å². The number of hydrogen-bond donors (Lipinski definition) is 3. The van der Waals surface area contributed by atoms with Crippen LogP contribution in [0.25, 0.3) is 0 Å². The van der Waals surface area contributed by atoms with Crippen molar-refractivity contribution in [2.75, 3.05) is 30.8 Å². The quantitative estimate of drug-likeness (QED) is 0.504. The minimum atomic E-state index is -3.84. The van der Waals surface area contributed by atoms with Crippen molar-refractivity contribution in [3.05, 3.63) is 18.2 Å². The number of primary sulfonamides is 1. The number of nitrogens with two attached hydrogens (primary N) is 2. The Morgan fingerprint density at radius 2 is 2.00 bits per heavy atom. The van der Waals surface area contributed by atoms with Crippen LogP contribution in [-0.4, -0.2) is 34.6 Å². The number of hydrogen-bond acceptors (Lipinski definition) is 5. The second-order valence-corrected chi connectivity index (χ2v) is 5.29. The van der Waals surface area contributed by atoms with Gasteiger partial charge < -0.3 is 15.8 Å². The molecule has 1 aromatic carbocycles. The van der Waals surface area contributed by atoms with Gasteiger partial charge in [-0.1, -0.05) is 0 Å². The summed E-state index contributed by atoms with van der Waals surface area (Å²) < 4.78 is 50.6. The van der Waals surface area contributed by atoms with Crippen molar-refractivity contribution in [3.63, 3.8) is 0 Å². The number of halogens is 2. The number of sulfonamides is 1. The molecule has 0 bridgehead atoms. The van der Waals surface area contributed by atoms with Crippen LogP contribution in [0.1, 0.15) is 0 Å². The maximum Gasteiger partial charge on any atom is 0.261 e. The molecular weight excluding hydrogens is 280 g/mol. The molecule has 0 unspecified atom stereocenters. The first-order valence-electron chi connectivity index (χ1n) is 5.32. The third-order valence-corrected chi connectivity index (χ3v) is 2.97. The molecule has 1 rings (SSSR count). The van der Waals surface area contributed by atoms with Gasteiger partial charge in [-0.25, -0.2) is 22.3 Å². The highest BCUT2D eigenvalue weighted by Crippen LogP contribution is 2.19. The topological polar surface area (TPSA) is 107 Å². The molecule has 0 fully saturated rings. The fourth-order valence-electron chi connectivity index (χ4n) is 1.33. The van der Waals surface area contributed by atoms with Crippen LogP contribution < -0.4 is 16.2 Å². The second kappa shape index (κ2) is 6.64. The molecular formula is C10H15F2N3O3S. The van der Waals surface area contributed by atoms with Crippen molar-refractivity contribution in [2.45, 2.75) is 11.3 Å². The van der Waals surface area contributed by atoms with Gasteiger partial charge in [0.25, 0.3) is 6.43 Å². The molecule has 0 atom stereocenters. The van der Waals surface area contributed by atoms with E-state index in [2.05, 4.69) is 10.1 Å². The van der Waals surface area contributed by atoms with Gasteiger partial charge in [-0.2, -0.15) is 0 Å². The first kappa shape index (κ1) is 15.6.